The summed E-state index contributed by atoms with van der Waals surface area (Å²) < 4.78 is 1.60. The van der Waals surface area contributed by atoms with Gasteiger partial charge in [0.05, 0.1) is 11.7 Å². The molecular formula is C16H17N7O. The summed E-state index contributed by atoms with van der Waals surface area (Å²) in [5.41, 5.74) is 1.81. The second kappa shape index (κ2) is 7.32. The van der Waals surface area contributed by atoms with Gasteiger partial charge in [0.2, 0.25) is 0 Å². The van der Waals surface area contributed by atoms with Crippen molar-refractivity contribution in [3.8, 4) is 5.69 Å². The minimum Gasteiger partial charge on any atom is -0.334 e. The van der Waals surface area contributed by atoms with Crippen molar-refractivity contribution in [1.82, 2.24) is 35.8 Å². The number of carbonyl (C=O) groups excluding carboxylic acids is 1. The third kappa shape index (κ3) is 3.72. The molecule has 2 N–H and O–H groups in total. The van der Waals surface area contributed by atoms with Crippen molar-refractivity contribution >= 4 is 6.03 Å². The molecule has 0 aliphatic rings. The Labute approximate surface area is 138 Å². The first-order chi connectivity index (χ1) is 11.7. The smallest absolute Gasteiger partial charge is 0.315 e. The number of urea groups is 1. The first-order valence-electron chi connectivity index (χ1n) is 7.51. The number of nitrogens with one attached hydrogen (secondary N) is 2. The van der Waals surface area contributed by atoms with Crippen LogP contribution in [0.2, 0.25) is 0 Å². The van der Waals surface area contributed by atoms with Crippen molar-refractivity contribution in [2.75, 3.05) is 0 Å². The van der Waals surface area contributed by atoms with E-state index in [4.69, 9.17) is 0 Å². The monoisotopic (exact) mass is 323 g/mol. The van der Waals surface area contributed by atoms with E-state index in [1.807, 2.05) is 49.4 Å². The van der Waals surface area contributed by atoms with E-state index in [1.165, 1.54) is 0 Å². The second-order valence-corrected chi connectivity index (χ2v) is 5.19. The fourth-order valence-electron chi connectivity index (χ4n) is 2.21. The maximum absolute atomic E-state index is 12.1. The number of rotatable bonds is 5. The van der Waals surface area contributed by atoms with Crippen LogP contribution in [0.4, 0.5) is 4.79 Å². The molecule has 8 nitrogen and oxygen atoms in total. The third-order valence-corrected chi connectivity index (χ3v) is 3.43. The molecule has 0 saturated carbocycles. The average Bonchev–Trinajstić information content (AvgIpc) is 3.11. The molecule has 0 fully saturated rings. The number of tetrazole rings is 1. The Morgan fingerprint density at radius 1 is 1.17 bits per heavy atom. The summed E-state index contributed by atoms with van der Waals surface area (Å²) in [5.74, 6) is 0.556. The van der Waals surface area contributed by atoms with Crippen LogP contribution in [0.25, 0.3) is 5.69 Å². The Hall–Kier alpha value is -3.29. The van der Waals surface area contributed by atoms with Gasteiger partial charge in [-0.25, -0.2) is 4.79 Å². The predicted octanol–water partition coefficient (Wildman–Crippen LogP) is 1.62. The maximum atomic E-state index is 12.1. The minimum atomic E-state index is -0.349. The number of pyridine rings is 1. The molecule has 2 amide bonds. The van der Waals surface area contributed by atoms with E-state index in [-0.39, 0.29) is 12.1 Å². The molecule has 3 aromatic rings. The van der Waals surface area contributed by atoms with Gasteiger partial charge >= 0.3 is 6.03 Å². The standard InChI is InChI=1S/C16H17N7O/c1-12(19-16(24)18-11-13-7-9-17-10-8-13)15-20-21-22-23(15)14-5-3-2-4-6-14/h2-10,12H,11H2,1H3,(H2,18,19,24)/t12-/m0/s1. The number of hydrogen-bond donors (Lipinski definition) is 2. The summed E-state index contributed by atoms with van der Waals surface area (Å²) in [5, 5.41) is 17.3. The van der Waals surface area contributed by atoms with Crippen molar-refractivity contribution < 1.29 is 4.79 Å². The average molecular weight is 323 g/mol. The SMILES string of the molecule is C[C@H](NC(=O)NCc1ccncc1)c1nnnn1-c1ccccc1. The minimum absolute atomic E-state index is 0.290. The van der Waals surface area contributed by atoms with Crippen LogP contribution < -0.4 is 10.6 Å². The molecule has 1 aromatic carbocycles. The molecule has 0 bridgehead atoms. The first-order valence-corrected chi connectivity index (χ1v) is 7.51. The van der Waals surface area contributed by atoms with Crippen LogP contribution in [0.5, 0.6) is 0 Å². The first kappa shape index (κ1) is 15.6. The van der Waals surface area contributed by atoms with Gasteiger partial charge in [-0.2, -0.15) is 4.68 Å². The van der Waals surface area contributed by atoms with E-state index in [0.717, 1.165) is 11.3 Å². The van der Waals surface area contributed by atoms with E-state index in [2.05, 4.69) is 31.1 Å². The molecular weight excluding hydrogens is 306 g/mol. The molecule has 2 heterocycles. The largest absolute Gasteiger partial charge is 0.334 e. The molecule has 0 radical (unpaired) electrons. The molecule has 2 aromatic heterocycles. The fourth-order valence-corrected chi connectivity index (χ4v) is 2.21. The Morgan fingerprint density at radius 2 is 1.92 bits per heavy atom. The lowest BCUT2D eigenvalue weighted by Crippen LogP contribution is -2.37. The zero-order valence-electron chi connectivity index (χ0n) is 13.1. The molecule has 24 heavy (non-hydrogen) atoms. The zero-order valence-corrected chi connectivity index (χ0v) is 13.1. The quantitative estimate of drug-likeness (QED) is 0.743. The van der Waals surface area contributed by atoms with Gasteiger partial charge in [-0.1, -0.05) is 18.2 Å². The van der Waals surface area contributed by atoms with Crippen molar-refractivity contribution in [1.29, 1.82) is 0 Å². The number of hydrogen-bond acceptors (Lipinski definition) is 5. The van der Waals surface area contributed by atoms with Crippen LogP contribution in [-0.2, 0) is 6.54 Å². The summed E-state index contributed by atoms with van der Waals surface area (Å²) in [7, 11) is 0. The van der Waals surface area contributed by atoms with E-state index < -0.39 is 0 Å². The highest BCUT2D eigenvalue weighted by Crippen LogP contribution is 2.13. The third-order valence-electron chi connectivity index (χ3n) is 3.43. The lowest BCUT2D eigenvalue weighted by molar-refractivity contribution is 0.237. The van der Waals surface area contributed by atoms with Gasteiger partial charge in [0.1, 0.15) is 0 Å². The number of nitrogens with zero attached hydrogens (tertiary/aromatic N) is 5. The molecule has 1 atom stereocenters. The normalized spacial score (nSPS) is 11.7. The van der Waals surface area contributed by atoms with Gasteiger partial charge in [-0.3, -0.25) is 4.98 Å². The lowest BCUT2D eigenvalue weighted by Gasteiger charge is -2.14. The Bertz CT molecular complexity index is 788. The van der Waals surface area contributed by atoms with Crippen molar-refractivity contribution in [3.05, 3.63) is 66.2 Å². The van der Waals surface area contributed by atoms with Crippen molar-refractivity contribution in [2.45, 2.75) is 19.5 Å². The second-order valence-electron chi connectivity index (χ2n) is 5.19. The van der Waals surface area contributed by atoms with Crippen LogP contribution in [0.15, 0.2) is 54.9 Å². The van der Waals surface area contributed by atoms with Gasteiger partial charge in [0.25, 0.3) is 0 Å². The Morgan fingerprint density at radius 3 is 2.67 bits per heavy atom. The van der Waals surface area contributed by atoms with Crippen molar-refractivity contribution in [2.24, 2.45) is 0 Å². The molecule has 3 rings (SSSR count). The van der Waals surface area contributed by atoms with Gasteiger partial charge in [-0.15, -0.1) is 5.10 Å². The van der Waals surface area contributed by atoms with Crippen LogP contribution in [0.3, 0.4) is 0 Å². The lowest BCUT2D eigenvalue weighted by atomic mass is 10.2. The highest BCUT2D eigenvalue weighted by atomic mass is 16.2. The van der Waals surface area contributed by atoms with Gasteiger partial charge in [0.15, 0.2) is 5.82 Å². The maximum Gasteiger partial charge on any atom is 0.315 e. The van der Waals surface area contributed by atoms with E-state index >= 15 is 0 Å². The Kier molecular flexibility index (Phi) is 4.76. The number of aromatic nitrogens is 5. The number of amides is 2. The molecule has 8 heteroatoms. The van der Waals surface area contributed by atoms with Crippen LogP contribution in [0.1, 0.15) is 24.4 Å². The molecule has 0 aliphatic carbocycles. The molecule has 0 aliphatic heterocycles. The van der Waals surface area contributed by atoms with Crippen LogP contribution >= 0.6 is 0 Å². The number of benzene rings is 1. The summed E-state index contributed by atoms with van der Waals surface area (Å²) in [6.07, 6.45) is 3.37. The molecule has 0 saturated heterocycles. The summed E-state index contributed by atoms with van der Waals surface area (Å²) in [6, 6.07) is 12.6. The van der Waals surface area contributed by atoms with Crippen LogP contribution in [0, 0.1) is 0 Å². The fraction of sp³-hybridized carbons (Fsp3) is 0.188. The summed E-state index contributed by atoms with van der Waals surface area (Å²) in [4.78, 5) is 16.0. The summed E-state index contributed by atoms with van der Waals surface area (Å²) >= 11 is 0. The highest BCUT2D eigenvalue weighted by molar-refractivity contribution is 5.74. The zero-order chi connectivity index (χ0) is 16.8. The van der Waals surface area contributed by atoms with Gasteiger partial charge < -0.3 is 10.6 Å². The molecule has 0 unspecified atom stereocenters. The predicted molar refractivity (Wildman–Crippen MR) is 87.2 cm³/mol. The number of carbonyl (C=O) groups is 1. The van der Waals surface area contributed by atoms with E-state index in [9.17, 15) is 4.79 Å². The molecule has 0 spiro atoms. The van der Waals surface area contributed by atoms with Gasteiger partial charge in [-0.05, 0) is 47.2 Å². The topological polar surface area (TPSA) is 97.6 Å². The van der Waals surface area contributed by atoms with E-state index in [1.54, 1.807) is 17.1 Å². The van der Waals surface area contributed by atoms with E-state index in [0.29, 0.717) is 12.4 Å². The highest BCUT2D eigenvalue weighted by Gasteiger charge is 2.17. The number of para-hydroxylation sites is 1. The Balaban J connectivity index is 1.62. The van der Waals surface area contributed by atoms with Gasteiger partial charge in [0, 0.05) is 18.9 Å². The molecule has 122 valence electrons. The summed E-state index contributed by atoms with van der Waals surface area (Å²) in [6.45, 7) is 2.25. The van der Waals surface area contributed by atoms with Crippen LogP contribution in [-0.4, -0.2) is 31.2 Å². The van der Waals surface area contributed by atoms with Crippen molar-refractivity contribution in [3.63, 3.8) is 0 Å².